The molecule has 4 heteroatoms. The molecule has 0 fully saturated rings. The molecule has 4 N–H and O–H groups in total. The summed E-state index contributed by atoms with van der Waals surface area (Å²) in [5, 5.41) is 18.1. The van der Waals surface area contributed by atoms with Crippen molar-refractivity contribution in [1.82, 2.24) is 0 Å². The Bertz CT molecular complexity index is 328. The molecular formula is C10H14FNO2. The van der Waals surface area contributed by atoms with Gasteiger partial charge in [0.1, 0.15) is 0 Å². The van der Waals surface area contributed by atoms with Crippen LogP contribution in [0.5, 0.6) is 5.75 Å². The number of benzene rings is 1. The van der Waals surface area contributed by atoms with E-state index in [1.165, 1.54) is 6.07 Å². The third-order valence-electron chi connectivity index (χ3n) is 2.08. The fraction of sp³-hybridized carbons (Fsp3) is 0.400. The number of aryl methyl sites for hydroxylation is 1. The smallest absolute Gasteiger partial charge is 0.165 e. The van der Waals surface area contributed by atoms with Crippen LogP contribution < -0.4 is 5.73 Å². The number of aliphatic hydroxyl groups excluding tert-OH is 1. The van der Waals surface area contributed by atoms with E-state index in [1.807, 2.05) is 0 Å². The fourth-order valence-electron chi connectivity index (χ4n) is 1.34. The first-order valence-corrected chi connectivity index (χ1v) is 4.41. The third kappa shape index (κ3) is 2.21. The first-order chi connectivity index (χ1) is 6.56. The Morgan fingerprint density at radius 1 is 1.50 bits per heavy atom. The van der Waals surface area contributed by atoms with Crippen LogP contribution in [0, 0.1) is 12.7 Å². The summed E-state index contributed by atoms with van der Waals surface area (Å²) in [7, 11) is 0. The maximum atomic E-state index is 13.1. The Labute approximate surface area is 82.0 Å². The Kier molecular flexibility index (Phi) is 3.43. The molecule has 1 rings (SSSR count). The quantitative estimate of drug-likeness (QED) is 0.685. The molecule has 0 radical (unpaired) electrons. The van der Waals surface area contributed by atoms with Crippen LogP contribution in [0.3, 0.4) is 0 Å². The molecule has 0 aromatic heterocycles. The number of phenolic OH excluding ortho intramolecular Hbond substituents is 1. The number of hydrogen-bond donors (Lipinski definition) is 3. The second kappa shape index (κ2) is 4.39. The van der Waals surface area contributed by atoms with Crippen molar-refractivity contribution in [2.24, 2.45) is 5.73 Å². The molecule has 0 heterocycles. The number of aliphatic hydroxyl groups is 1. The van der Waals surface area contributed by atoms with E-state index in [0.29, 0.717) is 17.5 Å². The number of hydrogen-bond acceptors (Lipinski definition) is 3. The van der Waals surface area contributed by atoms with Crippen molar-refractivity contribution in [3.05, 3.63) is 29.1 Å². The largest absolute Gasteiger partial charge is 0.505 e. The molecule has 14 heavy (non-hydrogen) atoms. The van der Waals surface area contributed by atoms with E-state index in [4.69, 9.17) is 10.8 Å². The summed E-state index contributed by atoms with van der Waals surface area (Å²) in [5.41, 5.74) is 6.70. The Morgan fingerprint density at radius 3 is 2.71 bits per heavy atom. The van der Waals surface area contributed by atoms with Crippen molar-refractivity contribution in [3.63, 3.8) is 0 Å². The summed E-state index contributed by atoms with van der Waals surface area (Å²) in [6.07, 6.45) is 0.302. The van der Waals surface area contributed by atoms with Crippen molar-refractivity contribution < 1.29 is 14.6 Å². The highest BCUT2D eigenvalue weighted by molar-refractivity contribution is 5.39. The lowest BCUT2D eigenvalue weighted by molar-refractivity contribution is 0.275. The van der Waals surface area contributed by atoms with Gasteiger partial charge in [-0.3, -0.25) is 0 Å². The maximum Gasteiger partial charge on any atom is 0.165 e. The van der Waals surface area contributed by atoms with Crippen LogP contribution in [0.1, 0.15) is 23.6 Å². The monoisotopic (exact) mass is 199 g/mol. The molecule has 1 atom stereocenters. The van der Waals surface area contributed by atoms with Gasteiger partial charge in [0.15, 0.2) is 11.6 Å². The Hall–Kier alpha value is -1.13. The molecule has 0 spiro atoms. The normalized spacial score (nSPS) is 12.9. The summed E-state index contributed by atoms with van der Waals surface area (Å²) in [6.45, 7) is 1.63. The predicted molar refractivity (Wildman–Crippen MR) is 51.4 cm³/mol. The highest BCUT2D eigenvalue weighted by atomic mass is 19.1. The second-order valence-corrected chi connectivity index (χ2v) is 3.30. The van der Waals surface area contributed by atoms with Crippen LogP contribution in [0.2, 0.25) is 0 Å². The van der Waals surface area contributed by atoms with Gasteiger partial charge in [0, 0.05) is 18.2 Å². The number of halogens is 1. The van der Waals surface area contributed by atoms with Crippen LogP contribution in [-0.4, -0.2) is 16.8 Å². The van der Waals surface area contributed by atoms with E-state index in [2.05, 4.69) is 0 Å². The number of aromatic hydroxyl groups is 1. The Morgan fingerprint density at radius 2 is 2.14 bits per heavy atom. The van der Waals surface area contributed by atoms with Crippen molar-refractivity contribution >= 4 is 0 Å². The van der Waals surface area contributed by atoms with Gasteiger partial charge in [0.05, 0.1) is 0 Å². The zero-order chi connectivity index (χ0) is 10.7. The fourth-order valence-corrected chi connectivity index (χ4v) is 1.34. The maximum absolute atomic E-state index is 13.1. The second-order valence-electron chi connectivity index (χ2n) is 3.30. The average Bonchev–Trinajstić information content (AvgIpc) is 2.11. The topological polar surface area (TPSA) is 66.5 Å². The number of nitrogens with two attached hydrogens (primary N) is 1. The summed E-state index contributed by atoms with van der Waals surface area (Å²) in [5.74, 6) is -1.09. The van der Waals surface area contributed by atoms with Gasteiger partial charge in [-0.05, 0) is 25.0 Å². The molecule has 0 aliphatic carbocycles. The molecule has 0 amide bonds. The summed E-state index contributed by atoms with van der Waals surface area (Å²) < 4.78 is 13.1. The van der Waals surface area contributed by atoms with Crippen LogP contribution in [-0.2, 0) is 0 Å². The van der Waals surface area contributed by atoms with Gasteiger partial charge in [-0.15, -0.1) is 0 Å². The summed E-state index contributed by atoms with van der Waals surface area (Å²) in [6, 6.07) is 2.33. The van der Waals surface area contributed by atoms with Gasteiger partial charge in [0.25, 0.3) is 0 Å². The van der Waals surface area contributed by atoms with Gasteiger partial charge in [-0.1, -0.05) is 6.07 Å². The molecule has 1 aromatic rings. The molecule has 0 bridgehead atoms. The minimum atomic E-state index is -0.673. The van der Waals surface area contributed by atoms with Crippen LogP contribution in [0.15, 0.2) is 12.1 Å². The van der Waals surface area contributed by atoms with Crippen molar-refractivity contribution in [3.8, 4) is 5.75 Å². The minimum Gasteiger partial charge on any atom is -0.505 e. The van der Waals surface area contributed by atoms with Crippen molar-refractivity contribution in [1.29, 1.82) is 0 Å². The first-order valence-electron chi connectivity index (χ1n) is 4.41. The minimum absolute atomic E-state index is 0.0871. The zero-order valence-corrected chi connectivity index (χ0v) is 8.00. The summed E-state index contributed by atoms with van der Waals surface area (Å²) >= 11 is 0. The highest BCUT2D eigenvalue weighted by Crippen LogP contribution is 2.28. The van der Waals surface area contributed by atoms with E-state index in [1.54, 1.807) is 13.0 Å². The van der Waals surface area contributed by atoms with E-state index in [9.17, 15) is 9.50 Å². The van der Waals surface area contributed by atoms with Crippen molar-refractivity contribution in [2.75, 3.05) is 6.61 Å². The van der Waals surface area contributed by atoms with E-state index < -0.39 is 17.6 Å². The summed E-state index contributed by atoms with van der Waals surface area (Å²) in [4.78, 5) is 0. The Balaban J connectivity index is 3.07. The van der Waals surface area contributed by atoms with Crippen LogP contribution >= 0.6 is 0 Å². The molecule has 0 saturated heterocycles. The van der Waals surface area contributed by atoms with E-state index >= 15 is 0 Å². The van der Waals surface area contributed by atoms with Gasteiger partial charge >= 0.3 is 0 Å². The average molecular weight is 199 g/mol. The van der Waals surface area contributed by atoms with Gasteiger partial charge in [-0.25, -0.2) is 4.39 Å². The molecule has 3 nitrogen and oxygen atoms in total. The zero-order valence-electron chi connectivity index (χ0n) is 8.00. The molecule has 0 aliphatic rings. The molecule has 78 valence electrons. The van der Waals surface area contributed by atoms with Crippen LogP contribution in [0.25, 0.3) is 0 Å². The van der Waals surface area contributed by atoms with Gasteiger partial charge in [-0.2, -0.15) is 0 Å². The standard InChI is InChI=1S/C10H14FNO2/c1-6-4-7(9(12)2-3-13)10(14)8(11)5-6/h4-5,9,13-14H,2-3,12H2,1H3/t9-/m0/s1. The predicted octanol–water partition coefficient (Wildman–Crippen LogP) is 1.22. The lowest BCUT2D eigenvalue weighted by Crippen LogP contribution is -2.12. The lowest BCUT2D eigenvalue weighted by atomic mass is 10.0. The van der Waals surface area contributed by atoms with Crippen LogP contribution in [0.4, 0.5) is 4.39 Å². The first kappa shape index (κ1) is 10.9. The van der Waals surface area contributed by atoms with E-state index in [0.717, 1.165) is 0 Å². The highest BCUT2D eigenvalue weighted by Gasteiger charge is 2.14. The third-order valence-corrected chi connectivity index (χ3v) is 2.08. The molecule has 0 aliphatic heterocycles. The number of rotatable bonds is 3. The molecule has 1 aromatic carbocycles. The molecule has 0 unspecified atom stereocenters. The van der Waals surface area contributed by atoms with Gasteiger partial charge < -0.3 is 15.9 Å². The molecule has 0 saturated carbocycles. The lowest BCUT2D eigenvalue weighted by Gasteiger charge is -2.13. The van der Waals surface area contributed by atoms with Crippen molar-refractivity contribution in [2.45, 2.75) is 19.4 Å². The molecular weight excluding hydrogens is 185 g/mol. The SMILES string of the molecule is Cc1cc(F)c(O)c([C@@H](N)CCO)c1. The number of phenols is 1. The van der Waals surface area contributed by atoms with E-state index in [-0.39, 0.29) is 6.61 Å². The van der Waals surface area contributed by atoms with Gasteiger partial charge in [0.2, 0.25) is 0 Å².